The number of piperazine rings is 2. The van der Waals surface area contributed by atoms with Crippen LogP contribution in [0.4, 0.5) is 17.3 Å². The van der Waals surface area contributed by atoms with E-state index in [1.54, 1.807) is 29.3 Å². The Labute approximate surface area is 416 Å². The van der Waals surface area contributed by atoms with Gasteiger partial charge in [0.1, 0.15) is 28.6 Å². The fourth-order valence-electron chi connectivity index (χ4n) is 9.16. The highest BCUT2D eigenvalue weighted by molar-refractivity contribution is 7.99. The average Bonchev–Trinajstić information content (AvgIpc) is 3.75. The van der Waals surface area contributed by atoms with Gasteiger partial charge in [0, 0.05) is 114 Å². The van der Waals surface area contributed by atoms with Gasteiger partial charge < -0.3 is 56.3 Å². The Bertz CT molecular complexity index is 2420. The van der Waals surface area contributed by atoms with Crippen LogP contribution in [0.2, 0.25) is 5.02 Å². The van der Waals surface area contributed by atoms with Crippen LogP contribution in [0.25, 0.3) is 0 Å². The number of rotatable bonds is 15. The zero-order valence-corrected chi connectivity index (χ0v) is 42.2. The Hall–Kier alpha value is -5.01. The summed E-state index contributed by atoms with van der Waals surface area (Å²) in [4.78, 5) is 59.4. The molecule has 16 nitrogen and oxygen atoms in total. The molecule has 8 rings (SSSR count). The topological polar surface area (TPSA) is 201 Å². The van der Waals surface area contributed by atoms with Crippen molar-refractivity contribution in [1.29, 1.82) is 0 Å². The van der Waals surface area contributed by atoms with Crippen LogP contribution in [0.15, 0.2) is 64.6 Å². The van der Waals surface area contributed by atoms with Crippen molar-refractivity contribution in [3.05, 3.63) is 87.6 Å². The first-order chi connectivity index (χ1) is 33.0. The molecule has 3 fully saturated rings. The van der Waals surface area contributed by atoms with Gasteiger partial charge in [0.05, 0.1) is 22.5 Å². The van der Waals surface area contributed by atoms with E-state index < -0.39 is 0 Å². The molecule has 4 aliphatic rings. The predicted molar refractivity (Wildman–Crippen MR) is 274 cm³/mol. The van der Waals surface area contributed by atoms with Gasteiger partial charge in [0.15, 0.2) is 5.82 Å². The van der Waals surface area contributed by atoms with Crippen LogP contribution in [0.1, 0.15) is 91.4 Å². The standard InChI is InChI=1S/C31H45N5O3.C20H25ClN6O2S/c1-23(2)27-18-28(30(38)19-29(27)37)31(39)36-21-25-6-5-24(17-26(25)22-36)20-35-15-13-34(14-16-35)8-4-7-33-11-9-32(3)10-12-33;1-20(23)7-9-27(10-8-20)15-12-24-19(18(22)26-15)30-14-5-2-4-13(17(14)21)25-16(29)6-3-11-28/h5-6,17-19,23,37-38H,4,7-16,20-22H2,1-3H3;2,4-5,11-12H,3,6-10,23H2,1H3,(H2,22,26)(H,25,29). The van der Waals surface area contributed by atoms with Crippen LogP contribution >= 0.6 is 23.4 Å². The maximum absolute atomic E-state index is 13.3. The van der Waals surface area contributed by atoms with Gasteiger partial charge in [-0.1, -0.05) is 61.5 Å². The summed E-state index contributed by atoms with van der Waals surface area (Å²) >= 11 is 7.73. The molecule has 0 bridgehead atoms. The molecule has 4 aromatic rings. The zero-order chi connectivity index (χ0) is 49.2. The lowest BCUT2D eigenvalue weighted by atomic mass is 9.91. The second kappa shape index (κ2) is 23.7. The number of hydrogen-bond donors (Lipinski definition) is 5. The molecule has 0 unspecified atom stereocenters. The van der Waals surface area contributed by atoms with Gasteiger partial charge >= 0.3 is 0 Å². The van der Waals surface area contributed by atoms with E-state index >= 15 is 0 Å². The normalized spacial score (nSPS) is 17.9. The number of fused-ring (bicyclic) bond motifs is 1. The Morgan fingerprint density at radius 2 is 1.57 bits per heavy atom. The molecule has 1 aromatic heterocycles. The molecule has 372 valence electrons. The minimum Gasteiger partial charge on any atom is -0.508 e. The molecular weight excluding hydrogens is 914 g/mol. The number of likely N-dealkylation sites (N-methyl/N-ethyl adjacent to an activating group) is 1. The van der Waals surface area contributed by atoms with Gasteiger partial charge in [-0.05, 0) is 92.7 Å². The first-order valence-corrected chi connectivity index (χ1v) is 25.4. The number of amides is 2. The SMILES string of the molecule is CC(C)c1cc(C(=O)N2Cc3ccc(CN4CCN(CCCN5CCN(C)CC5)CC4)cc3C2)c(O)cc1O.CC1(N)CCN(c2cnc(Sc3cccc(NC(=O)CCC=O)c3Cl)c(N)n2)CC1. The number of piperidine rings is 1. The highest BCUT2D eigenvalue weighted by Gasteiger charge is 2.29. The number of nitrogens with two attached hydrogens (primary N) is 2. The molecular formula is C51H70ClN11O5S. The van der Waals surface area contributed by atoms with E-state index in [0.29, 0.717) is 51.4 Å². The van der Waals surface area contributed by atoms with Crippen LogP contribution in [0.5, 0.6) is 11.5 Å². The van der Waals surface area contributed by atoms with E-state index in [-0.39, 0.29) is 53.2 Å². The largest absolute Gasteiger partial charge is 0.508 e. The summed E-state index contributed by atoms with van der Waals surface area (Å²) in [6.07, 6.45) is 5.70. The molecule has 0 atom stereocenters. The first-order valence-electron chi connectivity index (χ1n) is 24.2. The minimum atomic E-state index is -0.273. The number of halogens is 1. The molecule has 7 N–H and O–H groups in total. The van der Waals surface area contributed by atoms with Crippen molar-refractivity contribution in [3.63, 3.8) is 0 Å². The average molecular weight is 985 g/mol. The number of aromatic hydroxyl groups is 2. The van der Waals surface area contributed by atoms with Gasteiger partial charge in [0.25, 0.3) is 5.91 Å². The van der Waals surface area contributed by atoms with Crippen molar-refractivity contribution in [1.82, 2.24) is 34.5 Å². The number of benzene rings is 3. The number of anilines is 3. The molecule has 0 aliphatic carbocycles. The number of nitrogens with one attached hydrogen (secondary N) is 1. The number of carbonyl (C=O) groups is 3. The second-order valence-corrected chi connectivity index (χ2v) is 20.9. The summed E-state index contributed by atoms with van der Waals surface area (Å²) < 4.78 is 0. The van der Waals surface area contributed by atoms with Gasteiger partial charge in [-0.3, -0.25) is 14.5 Å². The Kier molecular flexibility index (Phi) is 17.8. The molecule has 3 aromatic carbocycles. The van der Waals surface area contributed by atoms with E-state index in [2.05, 4.69) is 72.0 Å². The van der Waals surface area contributed by atoms with Gasteiger partial charge in [0.2, 0.25) is 5.91 Å². The molecule has 3 saturated heterocycles. The number of hydrogen-bond acceptors (Lipinski definition) is 15. The molecule has 18 heteroatoms. The van der Waals surface area contributed by atoms with Gasteiger partial charge in [-0.15, -0.1) is 0 Å². The summed E-state index contributed by atoms with van der Waals surface area (Å²) in [5.74, 6) is 0.488. The fraction of sp³-hybridized carbons (Fsp3) is 0.510. The lowest BCUT2D eigenvalue weighted by molar-refractivity contribution is -0.118. The van der Waals surface area contributed by atoms with Crippen LogP contribution in [0, 0.1) is 0 Å². The Morgan fingerprint density at radius 1 is 0.899 bits per heavy atom. The molecule has 0 radical (unpaired) electrons. The number of phenolic OH excluding ortho intramolecular Hbond substituents is 2. The molecule has 0 spiro atoms. The van der Waals surface area contributed by atoms with E-state index in [0.717, 1.165) is 64.5 Å². The monoisotopic (exact) mass is 983 g/mol. The third kappa shape index (κ3) is 14.1. The smallest absolute Gasteiger partial charge is 0.258 e. The van der Waals surface area contributed by atoms with Crippen molar-refractivity contribution >= 4 is 58.8 Å². The van der Waals surface area contributed by atoms with Gasteiger partial charge in [-0.25, -0.2) is 9.97 Å². The van der Waals surface area contributed by atoms with Crippen molar-refractivity contribution < 1.29 is 24.6 Å². The van der Waals surface area contributed by atoms with Crippen molar-refractivity contribution in [3.8, 4) is 11.5 Å². The maximum atomic E-state index is 13.3. The van der Waals surface area contributed by atoms with Crippen molar-refractivity contribution in [2.24, 2.45) is 5.73 Å². The zero-order valence-electron chi connectivity index (χ0n) is 40.6. The third-order valence-electron chi connectivity index (χ3n) is 13.6. The number of aromatic nitrogens is 2. The van der Waals surface area contributed by atoms with E-state index in [9.17, 15) is 24.6 Å². The Morgan fingerprint density at radius 3 is 2.23 bits per heavy atom. The maximum Gasteiger partial charge on any atom is 0.258 e. The summed E-state index contributed by atoms with van der Waals surface area (Å²) in [5, 5.41) is 24.2. The van der Waals surface area contributed by atoms with E-state index in [1.165, 1.54) is 80.2 Å². The predicted octanol–water partition coefficient (Wildman–Crippen LogP) is 6.23. The Balaban J connectivity index is 0.000000211. The third-order valence-corrected chi connectivity index (χ3v) is 15.2. The first kappa shape index (κ1) is 51.8. The molecule has 2 amide bonds. The van der Waals surface area contributed by atoms with Crippen LogP contribution in [-0.2, 0) is 29.2 Å². The number of phenols is 2. The summed E-state index contributed by atoms with van der Waals surface area (Å²) in [5.41, 5.74) is 17.3. The quantitative estimate of drug-likeness (QED) is 0.0839. The number of nitrogens with zero attached hydrogens (tertiary/aromatic N) is 8. The van der Waals surface area contributed by atoms with Crippen LogP contribution in [-0.4, -0.2) is 154 Å². The van der Waals surface area contributed by atoms with Crippen molar-refractivity contribution in [2.45, 2.75) is 93.9 Å². The fourth-order valence-corrected chi connectivity index (χ4v) is 10.3. The number of carbonyl (C=O) groups excluding carboxylic acids is 3. The van der Waals surface area contributed by atoms with Gasteiger partial charge in [-0.2, -0.15) is 0 Å². The number of nitrogen functional groups attached to an aromatic ring is 1. The summed E-state index contributed by atoms with van der Waals surface area (Å²) in [7, 11) is 2.21. The highest BCUT2D eigenvalue weighted by atomic mass is 35.5. The molecule has 4 aliphatic heterocycles. The lowest BCUT2D eigenvalue weighted by Crippen LogP contribution is -2.48. The molecule has 69 heavy (non-hydrogen) atoms. The number of aldehydes is 1. The van der Waals surface area contributed by atoms with Crippen molar-refractivity contribution in [2.75, 3.05) is 102 Å². The van der Waals surface area contributed by atoms with E-state index in [4.69, 9.17) is 23.1 Å². The molecule has 5 heterocycles. The second-order valence-electron chi connectivity index (χ2n) is 19.5. The summed E-state index contributed by atoms with van der Waals surface area (Å²) in [6.45, 7) is 21.3. The van der Waals surface area contributed by atoms with E-state index in [1.807, 2.05) is 19.9 Å². The summed E-state index contributed by atoms with van der Waals surface area (Å²) in [6, 6.07) is 14.8. The van der Waals surface area contributed by atoms with Crippen LogP contribution < -0.4 is 21.7 Å². The lowest BCUT2D eigenvalue weighted by Gasteiger charge is -2.37. The minimum absolute atomic E-state index is 0.0277. The van der Waals surface area contributed by atoms with Crippen LogP contribution in [0.3, 0.4) is 0 Å². The highest BCUT2D eigenvalue weighted by Crippen LogP contribution is 2.39. The molecule has 0 saturated carbocycles.